The molecule has 0 aromatic carbocycles. The molecular weight excluding hydrogens is 369 g/mol. The van der Waals surface area contributed by atoms with Crippen molar-refractivity contribution in [2.24, 2.45) is 0 Å². The second-order valence-electron chi connectivity index (χ2n) is 7.34. The predicted molar refractivity (Wildman–Crippen MR) is 109 cm³/mol. The third-order valence-electron chi connectivity index (χ3n) is 4.65. The fourth-order valence-electron chi connectivity index (χ4n) is 3.08. The highest BCUT2D eigenvalue weighted by Gasteiger charge is 2.35. The largest absolute Gasteiger partial charge is 0.616 e. The van der Waals surface area contributed by atoms with Gasteiger partial charge in [-0.25, -0.2) is 17.1 Å². The Morgan fingerprint density at radius 3 is 1.44 bits per heavy atom. The summed E-state index contributed by atoms with van der Waals surface area (Å²) >= 11 is 0. The summed E-state index contributed by atoms with van der Waals surface area (Å²) in [5.74, 6) is -0.250. The van der Waals surface area contributed by atoms with E-state index in [1.165, 1.54) is 63.9 Å². The van der Waals surface area contributed by atoms with Crippen LogP contribution >= 0.6 is 0 Å². The van der Waals surface area contributed by atoms with Crippen LogP contribution in [0, 0.1) is 0 Å². The molecule has 0 aliphatic carbocycles. The normalized spacial score (nSPS) is 12.0. The lowest BCUT2D eigenvalue weighted by Gasteiger charge is -2.04. The molecule has 6 heteroatoms. The Hall–Kier alpha value is -0.783. The van der Waals surface area contributed by atoms with Crippen LogP contribution in [0.25, 0.3) is 0 Å². The van der Waals surface area contributed by atoms with Gasteiger partial charge in [-0.15, -0.1) is 0 Å². The van der Waals surface area contributed by atoms with Gasteiger partial charge in [-0.05, 0) is 19.8 Å². The number of allylic oxidation sites excluding steroid dienone is 1. The van der Waals surface area contributed by atoms with Gasteiger partial charge in [0.15, 0.2) is 0 Å². The molecule has 0 N–H and O–H groups in total. The van der Waals surface area contributed by atoms with E-state index < -0.39 is 15.1 Å². The zero-order valence-electron chi connectivity index (χ0n) is 17.1. The van der Waals surface area contributed by atoms with Crippen molar-refractivity contribution in [1.82, 2.24) is 0 Å². The Labute approximate surface area is 165 Å². The van der Waals surface area contributed by atoms with Gasteiger partial charge in [0, 0.05) is 12.1 Å². The first-order chi connectivity index (χ1) is 13.0. The van der Waals surface area contributed by atoms with E-state index in [2.05, 4.69) is 0 Å². The van der Waals surface area contributed by atoms with E-state index in [9.17, 15) is 17.1 Å². The quantitative estimate of drug-likeness (QED) is 0.0716. The maximum atomic E-state index is 12.1. The fourth-order valence-corrected chi connectivity index (χ4v) is 3.73. The molecule has 0 saturated carbocycles. The van der Waals surface area contributed by atoms with Crippen molar-refractivity contribution in [2.45, 2.75) is 109 Å². The molecule has 0 fully saturated rings. The van der Waals surface area contributed by atoms with Gasteiger partial charge in [-0.1, -0.05) is 89.5 Å². The third-order valence-corrected chi connectivity index (χ3v) is 5.57. The first-order valence-corrected chi connectivity index (χ1v) is 12.7. The van der Waals surface area contributed by atoms with Crippen molar-refractivity contribution in [3.63, 3.8) is 0 Å². The maximum Gasteiger partial charge on any atom is 0.616 e. The average Bonchev–Trinajstić information content (AvgIpc) is 2.60. The van der Waals surface area contributed by atoms with Crippen LogP contribution in [0.4, 0.5) is 12.3 Å². The van der Waals surface area contributed by atoms with Crippen molar-refractivity contribution in [1.29, 1.82) is 0 Å². The second kappa shape index (κ2) is 18.6. The molecule has 0 heterocycles. The van der Waals surface area contributed by atoms with E-state index >= 15 is 0 Å². The SMILES string of the molecule is CC=CC(=O)OCCCCCCCCCCCCCCCCC[Si](F)(F)F. The Bertz CT molecular complexity index is 371. The number of carbonyl (C=O) groups is 1. The van der Waals surface area contributed by atoms with Gasteiger partial charge >= 0.3 is 15.0 Å². The number of carbonyl (C=O) groups excluding carboxylic acids is 1. The molecule has 160 valence electrons. The van der Waals surface area contributed by atoms with E-state index in [1.54, 1.807) is 13.0 Å². The molecule has 0 spiro atoms. The lowest BCUT2D eigenvalue weighted by molar-refractivity contribution is -0.137. The summed E-state index contributed by atoms with van der Waals surface area (Å²) in [5, 5.41) is 0. The van der Waals surface area contributed by atoms with E-state index in [0.29, 0.717) is 13.0 Å². The van der Waals surface area contributed by atoms with Gasteiger partial charge in [0.1, 0.15) is 0 Å². The summed E-state index contributed by atoms with van der Waals surface area (Å²) in [5.41, 5.74) is 0. The van der Waals surface area contributed by atoms with Crippen molar-refractivity contribution < 1.29 is 21.9 Å². The lowest BCUT2D eigenvalue weighted by Crippen LogP contribution is -2.13. The standard InChI is InChI=1S/C21H39F3O2Si/c1-2-18-21(25)26-19-16-14-12-10-8-6-4-3-5-7-9-11-13-15-17-20-27(22,23)24/h2,18H,3-17,19-20H2,1H3. The zero-order valence-corrected chi connectivity index (χ0v) is 18.1. The van der Waals surface area contributed by atoms with E-state index in [0.717, 1.165) is 32.1 Å². The van der Waals surface area contributed by atoms with Gasteiger partial charge in [-0.2, -0.15) is 0 Å². The molecule has 0 atom stereocenters. The van der Waals surface area contributed by atoms with Crippen LogP contribution in [0.1, 0.15) is 103 Å². The number of hydrogen-bond acceptors (Lipinski definition) is 2. The summed E-state index contributed by atoms with van der Waals surface area (Å²) in [6.45, 7) is 2.32. The van der Waals surface area contributed by atoms with Gasteiger partial charge in [-0.3, -0.25) is 0 Å². The summed E-state index contributed by atoms with van der Waals surface area (Å²) in [6.07, 6.45) is 19.6. The molecule has 0 aromatic rings. The number of esters is 1. The summed E-state index contributed by atoms with van der Waals surface area (Å²) in [4.78, 5) is 11.1. The molecule has 0 rings (SSSR count). The number of hydrogen-bond donors (Lipinski definition) is 0. The molecule has 2 nitrogen and oxygen atoms in total. The average molecular weight is 409 g/mol. The summed E-state index contributed by atoms with van der Waals surface area (Å²) < 4.78 is 41.4. The van der Waals surface area contributed by atoms with Crippen LogP contribution in [0.2, 0.25) is 6.04 Å². The van der Waals surface area contributed by atoms with Gasteiger partial charge in [0.2, 0.25) is 0 Å². The summed E-state index contributed by atoms with van der Waals surface area (Å²) in [6, 6.07) is -0.489. The van der Waals surface area contributed by atoms with Crippen LogP contribution in [0.15, 0.2) is 12.2 Å². The third kappa shape index (κ3) is 23.2. The highest BCUT2D eigenvalue weighted by atomic mass is 28.5. The minimum Gasteiger partial charge on any atom is -0.463 e. The Morgan fingerprint density at radius 1 is 0.704 bits per heavy atom. The molecule has 0 unspecified atom stereocenters. The van der Waals surface area contributed by atoms with Gasteiger partial charge in [0.25, 0.3) is 0 Å². The molecule has 0 aliphatic rings. The second-order valence-corrected chi connectivity index (χ2v) is 9.07. The highest BCUT2D eigenvalue weighted by molar-refractivity contribution is 6.58. The smallest absolute Gasteiger partial charge is 0.463 e. The van der Waals surface area contributed by atoms with Crippen LogP contribution in [-0.4, -0.2) is 21.7 Å². The monoisotopic (exact) mass is 408 g/mol. The predicted octanol–water partition coefficient (Wildman–Crippen LogP) is 7.80. The molecule has 0 bridgehead atoms. The van der Waals surface area contributed by atoms with Crippen molar-refractivity contribution in [3.8, 4) is 0 Å². The molecule has 27 heavy (non-hydrogen) atoms. The van der Waals surface area contributed by atoms with Crippen LogP contribution in [0.3, 0.4) is 0 Å². The maximum absolute atomic E-state index is 12.1. The molecule has 0 amide bonds. The minimum atomic E-state index is -5.29. The molecule has 0 saturated heterocycles. The van der Waals surface area contributed by atoms with Gasteiger partial charge < -0.3 is 4.74 Å². The fraction of sp³-hybridized carbons (Fsp3) is 0.857. The number of rotatable bonds is 19. The van der Waals surface area contributed by atoms with Crippen LogP contribution in [0.5, 0.6) is 0 Å². The van der Waals surface area contributed by atoms with Crippen molar-refractivity contribution >= 4 is 15.0 Å². The molecule has 0 aromatic heterocycles. The highest BCUT2D eigenvalue weighted by Crippen LogP contribution is 2.20. The molecule has 0 aliphatic heterocycles. The van der Waals surface area contributed by atoms with E-state index in [1.807, 2.05) is 0 Å². The first kappa shape index (κ1) is 26.2. The number of unbranched alkanes of at least 4 members (excludes halogenated alkanes) is 14. The van der Waals surface area contributed by atoms with Crippen LogP contribution < -0.4 is 0 Å². The first-order valence-electron chi connectivity index (χ1n) is 10.8. The number of ether oxygens (including phenoxy) is 1. The summed E-state index contributed by atoms with van der Waals surface area (Å²) in [7, 11) is -5.29. The topological polar surface area (TPSA) is 26.3 Å². The van der Waals surface area contributed by atoms with E-state index in [-0.39, 0.29) is 5.97 Å². The Balaban J connectivity index is 3.10. The van der Waals surface area contributed by atoms with Crippen molar-refractivity contribution in [3.05, 3.63) is 12.2 Å². The minimum absolute atomic E-state index is 0.250. The van der Waals surface area contributed by atoms with Crippen molar-refractivity contribution in [2.75, 3.05) is 6.61 Å². The van der Waals surface area contributed by atoms with Gasteiger partial charge in [0.05, 0.1) is 6.61 Å². The van der Waals surface area contributed by atoms with E-state index in [4.69, 9.17) is 4.74 Å². The van der Waals surface area contributed by atoms with Crippen LogP contribution in [-0.2, 0) is 9.53 Å². The molecular formula is C21H39F3O2Si. The number of halogens is 3. The molecule has 0 radical (unpaired) electrons. The Morgan fingerprint density at radius 2 is 1.07 bits per heavy atom. The Kier molecular flexibility index (Phi) is 18.0. The zero-order chi connectivity index (χ0) is 20.2. The lowest BCUT2D eigenvalue weighted by atomic mass is 10.0.